The monoisotopic (exact) mass is 264 g/mol. The zero-order valence-corrected chi connectivity index (χ0v) is 11.9. The Morgan fingerprint density at radius 2 is 1.84 bits per heavy atom. The Balaban J connectivity index is 2.26. The van der Waals surface area contributed by atoms with E-state index in [0.717, 1.165) is 12.8 Å². The maximum absolute atomic E-state index is 12.7. The van der Waals surface area contributed by atoms with Crippen LogP contribution in [0.2, 0.25) is 0 Å². The van der Waals surface area contributed by atoms with Gasteiger partial charge in [-0.15, -0.1) is 0 Å². The fourth-order valence-corrected chi connectivity index (χ4v) is 5.17. The molecule has 0 aromatic carbocycles. The van der Waals surface area contributed by atoms with Gasteiger partial charge in [0.25, 0.3) is 0 Å². The minimum absolute atomic E-state index is 0.0822. The molecule has 3 aliphatic carbocycles. The van der Waals surface area contributed by atoms with Crippen molar-refractivity contribution < 1.29 is 19.1 Å². The molecule has 3 rings (SSSR count). The summed E-state index contributed by atoms with van der Waals surface area (Å²) in [5.74, 6) is -1.21. The van der Waals surface area contributed by atoms with Gasteiger partial charge < -0.3 is 4.74 Å². The summed E-state index contributed by atoms with van der Waals surface area (Å²) in [7, 11) is 1.31. The van der Waals surface area contributed by atoms with E-state index in [1.165, 1.54) is 7.11 Å². The van der Waals surface area contributed by atoms with Crippen LogP contribution in [-0.4, -0.2) is 24.6 Å². The zero-order chi connectivity index (χ0) is 14.2. The summed E-state index contributed by atoms with van der Waals surface area (Å²) in [6.07, 6.45) is 1.88. The molecule has 2 bridgehead atoms. The van der Waals surface area contributed by atoms with Crippen LogP contribution in [0.25, 0.3) is 0 Å². The number of carbonyl (C=O) groups excluding carboxylic acids is 3. The van der Waals surface area contributed by atoms with Crippen molar-refractivity contribution >= 4 is 17.5 Å². The maximum Gasteiger partial charge on any atom is 0.320 e. The molecule has 0 N–H and O–H groups in total. The third-order valence-electron chi connectivity index (χ3n) is 5.83. The summed E-state index contributed by atoms with van der Waals surface area (Å²) in [6, 6.07) is 0. The average molecular weight is 264 g/mol. The molecule has 3 fully saturated rings. The lowest BCUT2D eigenvalue weighted by molar-refractivity contribution is -0.171. The molecule has 0 aromatic rings. The van der Waals surface area contributed by atoms with Gasteiger partial charge in [0.15, 0.2) is 5.78 Å². The van der Waals surface area contributed by atoms with Gasteiger partial charge in [0, 0.05) is 23.7 Å². The quantitative estimate of drug-likeness (QED) is 0.535. The smallest absolute Gasteiger partial charge is 0.320 e. The van der Waals surface area contributed by atoms with Gasteiger partial charge in [0.05, 0.1) is 7.11 Å². The second-order valence-corrected chi connectivity index (χ2v) is 7.10. The van der Waals surface area contributed by atoms with Crippen LogP contribution in [-0.2, 0) is 19.1 Å². The lowest BCUT2D eigenvalue weighted by atomic mass is 9.54. The summed E-state index contributed by atoms with van der Waals surface area (Å²) in [5, 5.41) is 0. The molecule has 3 aliphatic rings. The highest BCUT2D eigenvalue weighted by molar-refractivity contribution is 6.14. The van der Waals surface area contributed by atoms with E-state index in [9.17, 15) is 14.4 Å². The standard InChI is InChI=1S/C15H20O4/c1-8-10(17)11-13(2,3)7-9(16)15(8,12(18)19-4)14(11)5-6-14/h8,11H,5-7H2,1-4H3/t8-,11-,15+/m1/s1. The summed E-state index contributed by atoms with van der Waals surface area (Å²) in [5.41, 5.74) is -1.98. The van der Waals surface area contributed by atoms with E-state index in [2.05, 4.69) is 0 Å². The molecule has 19 heavy (non-hydrogen) atoms. The second kappa shape index (κ2) is 3.28. The van der Waals surface area contributed by atoms with E-state index < -0.39 is 22.7 Å². The minimum Gasteiger partial charge on any atom is -0.468 e. The highest BCUT2D eigenvalue weighted by Gasteiger charge is 2.83. The predicted molar refractivity (Wildman–Crippen MR) is 67.2 cm³/mol. The number of hydrogen-bond donors (Lipinski definition) is 0. The van der Waals surface area contributed by atoms with Gasteiger partial charge in [0.2, 0.25) is 0 Å². The first-order valence-corrected chi connectivity index (χ1v) is 6.91. The average Bonchev–Trinajstić information content (AvgIpc) is 3.04. The molecular formula is C15H20O4. The lowest BCUT2D eigenvalue weighted by Gasteiger charge is -2.46. The first kappa shape index (κ1) is 12.8. The molecule has 1 spiro atoms. The summed E-state index contributed by atoms with van der Waals surface area (Å²) >= 11 is 0. The fourth-order valence-electron chi connectivity index (χ4n) is 5.17. The summed E-state index contributed by atoms with van der Waals surface area (Å²) in [6.45, 7) is 5.69. The Bertz CT molecular complexity index is 500. The Morgan fingerprint density at radius 3 is 2.32 bits per heavy atom. The molecule has 0 unspecified atom stereocenters. The molecule has 0 aliphatic heterocycles. The predicted octanol–water partition coefficient (Wildman–Crippen LogP) is 1.76. The zero-order valence-electron chi connectivity index (χ0n) is 11.9. The number of ketones is 2. The first-order valence-electron chi connectivity index (χ1n) is 6.91. The van der Waals surface area contributed by atoms with Crippen LogP contribution in [0.4, 0.5) is 0 Å². The third kappa shape index (κ3) is 1.10. The Hall–Kier alpha value is -1.19. The number of methoxy groups -OCH3 is 1. The molecule has 3 atom stereocenters. The second-order valence-electron chi connectivity index (χ2n) is 7.10. The largest absolute Gasteiger partial charge is 0.468 e. The van der Waals surface area contributed by atoms with Gasteiger partial charge in [-0.3, -0.25) is 14.4 Å². The fraction of sp³-hybridized carbons (Fsp3) is 0.800. The number of esters is 1. The molecule has 4 heteroatoms. The molecule has 0 aromatic heterocycles. The van der Waals surface area contributed by atoms with Crippen molar-refractivity contribution in [3.63, 3.8) is 0 Å². The molecule has 0 amide bonds. The number of ether oxygens (including phenoxy) is 1. The van der Waals surface area contributed by atoms with Gasteiger partial charge in [-0.1, -0.05) is 20.8 Å². The van der Waals surface area contributed by atoms with E-state index in [1.807, 2.05) is 13.8 Å². The Kier molecular flexibility index (Phi) is 2.21. The third-order valence-corrected chi connectivity index (χ3v) is 5.83. The maximum atomic E-state index is 12.7. The van der Waals surface area contributed by atoms with E-state index in [1.54, 1.807) is 6.92 Å². The van der Waals surface area contributed by atoms with E-state index >= 15 is 0 Å². The highest BCUT2D eigenvalue weighted by atomic mass is 16.5. The normalized spacial score (nSPS) is 41.5. The van der Waals surface area contributed by atoms with Crippen LogP contribution in [0, 0.1) is 28.1 Å². The number of carbonyl (C=O) groups is 3. The molecule has 3 saturated carbocycles. The van der Waals surface area contributed by atoms with Gasteiger partial charge in [0.1, 0.15) is 11.2 Å². The van der Waals surface area contributed by atoms with E-state index in [-0.39, 0.29) is 22.9 Å². The first-order chi connectivity index (χ1) is 8.75. The summed E-state index contributed by atoms with van der Waals surface area (Å²) in [4.78, 5) is 37.8. The molecule has 0 heterocycles. The van der Waals surface area contributed by atoms with Gasteiger partial charge >= 0.3 is 5.97 Å². The topological polar surface area (TPSA) is 60.4 Å². The molecule has 104 valence electrons. The molecule has 4 nitrogen and oxygen atoms in total. The van der Waals surface area contributed by atoms with Gasteiger partial charge in [-0.2, -0.15) is 0 Å². The Morgan fingerprint density at radius 1 is 1.26 bits per heavy atom. The van der Waals surface area contributed by atoms with E-state index in [4.69, 9.17) is 4.74 Å². The minimum atomic E-state index is -1.20. The van der Waals surface area contributed by atoms with Crippen LogP contribution in [0.3, 0.4) is 0 Å². The number of hydrogen-bond acceptors (Lipinski definition) is 4. The molecular weight excluding hydrogens is 244 g/mol. The lowest BCUT2D eigenvalue weighted by Crippen LogP contribution is -2.55. The van der Waals surface area contributed by atoms with Crippen molar-refractivity contribution in [1.82, 2.24) is 0 Å². The van der Waals surface area contributed by atoms with Crippen molar-refractivity contribution in [1.29, 1.82) is 0 Å². The number of Topliss-reactive ketones (excluding diaryl/α,β-unsaturated/α-hetero) is 2. The van der Waals surface area contributed by atoms with Crippen molar-refractivity contribution in [2.45, 2.75) is 40.0 Å². The van der Waals surface area contributed by atoms with Crippen LogP contribution >= 0.6 is 0 Å². The SMILES string of the molecule is COC(=O)[C@@]12C(=O)CC(C)(C)[C@@H](C(=O)[C@H]1C)C21CC1. The van der Waals surface area contributed by atoms with Crippen LogP contribution < -0.4 is 0 Å². The van der Waals surface area contributed by atoms with Crippen molar-refractivity contribution in [3.8, 4) is 0 Å². The van der Waals surface area contributed by atoms with Crippen LogP contribution in [0.1, 0.15) is 40.0 Å². The van der Waals surface area contributed by atoms with Crippen molar-refractivity contribution in [2.24, 2.45) is 28.1 Å². The van der Waals surface area contributed by atoms with Crippen molar-refractivity contribution in [2.75, 3.05) is 7.11 Å². The molecule has 0 saturated heterocycles. The van der Waals surface area contributed by atoms with Gasteiger partial charge in [-0.05, 0) is 18.3 Å². The van der Waals surface area contributed by atoms with E-state index in [0.29, 0.717) is 6.42 Å². The number of rotatable bonds is 1. The van der Waals surface area contributed by atoms with Crippen LogP contribution in [0.15, 0.2) is 0 Å². The van der Waals surface area contributed by atoms with Crippen LogP contribution in [0.5, 0.6) is 0 Å². The highest BCUT2D eigenvalue weighted by Crippen LogP contribution is 2.77. The summed E-state index contributed by atoms with van der Waals surface area (Å²) < 4.78 is 4.93. The molecule has 0 radical (unpaired) electrons. The van der Waals surface area contributed by atoms with Crippen molar-refractivity contribution in [3.05, 3.63) is 0 Å². The van der Waals surface area contributed by atoms with Gasteiger partial charge in [-0.25, -0.2) is 0 Å². The Labute approximate surface area is 112 Å².